The summed E-state index contributed by atoms with van der Waals surface area (Å²) >= 11 is 5.78. The van der Waals surface area contributed by atoms with Crippen LogP contribution in [0.15, 0.2) is 37.4 Å². The van der Waals surface area contributed by atoms with Crippen LogP contribution in [0.3, 0.4) is 0 Å². The average molecular weight is 253 g/mol. The fourth-order valence-electron chi connectivity index (χ4n) is 1.39. The maximum Gasteiger partial charge on any atom is 0.339 e. The zero-order chi connectivity index (χ0) is 12.8. The number of halogens is 1. The maximum atomic E-state index is 11.1. The van der Waals surface area contributed by atoms with Crippen LogP contribution >= 0.6 is 11.6 Å². The van der Waals surface area contributed by atoms with Crippen LogP contribution in [-0.4, -0.2) is 29.1 Å². The molecular weight excluding hydrogens is 240 g/mol. The predicted molar refractivity (Wildman–Crippen MR) is 68.8 cm³/mol. The Morgan fingerprint density at radius 1 is 1.41 bits per heavy atom. The lowest BCUT2D eigenvalue weighted by atomic mass is 10.2. The van der Waals surface area contributed by atoms with Crippen molar-refractivity contribution >= 4 is 23.4 Å². The molecule has 0 aromatic carbocycles. The van der Waals surface area contributed by atoms with Crippen molar-refractivity contribution in [1.82, 2.24) is 4.98 Å². The minimum atomic E-state index is -1.04. The van der Waals surface area contributed by atoms with E-state index in [1.165, 1.54) is 12.1 Å². The van der Waals surface area contributed by atoms with Crippen molar-refractivity contribution in [3.05, 3.63) is 48.2 Å². The van der Waals surface area contributed by atoms with E-state index in [4.69, 9.17) is 16.7 Å². The first kappa shape index (κ1) is 13.3. The van der Waals surface area contributed by atoms with Crippen molar-refractivity contribution in [2.45, 2.75) is 0 Å². The molecule has 17 heavy (non-hydrogen) atoms. The fourth-order valence-corrected chi connectivity index (χ4v) is 1.54. The zero-order valence-electron chi connectivity index (χ0n) is 9.27. The summed E-state index contributed by atoms with van der Waals surface area (Å²) in [4.78, 5) is 16.9. The number of hydrogen-bond acceptors (Lipinski definition) is 3. The monoisotopic (exact) mass is 252 g/mol. The molecule has 90 valence electrons. The van der Waals surface area contributed by atoms with Gasteiger partial charge >= 0.3 is 5.97 Å². The first-order valence-corrected chi connectivity index (χ1v) is 5.34. The highest BCUT2D eigenvalue weighted by Gasteiger charge is 2.16. The van der Waals surface area contributed by atoms with E-state index in [0.717, 1.165) is 0 Å². The minimum Gasteiger partial charge on any atom is -0.478 e. The number of anilines is 1. The number of nitrogens with zero attached hydrogens (tertiary/aromatic N) is 2. The van der Waals surface area contributed by atoms with Gasteiger partial charge in [-0.1, -0.05) is 23.8 Å². The Morgan fingerprint density at radius 2 is 2.00 bits per heavy atom. The van der Waals surface area contributed by atoms with Gasteiger partial charge in [-0.3, -0.25) is 0 Å². The molecule has 0 amide bonds. The molecule has 4 nitrogen and oxygen atoms in total. The molecule has 0 aliphatic carbocycles. The summed E-state index contributed by atoms with van der Waals surface area (Å²) in [6, 6.07) is 2.89. The summed E-state index contributed by atoms with van der Waals surface area (Å²) < 4.78 is 0. The van der Waals surface area contributed by atoms with Gasteiger partial charge in [-0.2, -0.15) is 0 Å². The first-order chi connectivity index (χ1) is 8.10. The van der Waals surface area contributed by atoms with E-state index in [1.807, 2.05) is 0 Å². The smallest absolute Gasteiger partial charge is 0.339 e. The Hall–Kier alpha value is -1.81. The lowest BCUT2D eigenvalue weighted by Gasteiger charge is -2.22. The molecular formula is C12H13ClN2O2. The van der Waals surface area contributed by atoms with Crippen LogP contribution in [0, 0.1) is 0 Å². The molecule has 0 saturated heterocycles. The van der Waals surface area contributed by atoms with Gasteiger partial charge < -0.3 is 10.0 Å². The van der Waals surface area contributed by atoms with Gasteiger partial charge in [-0.15, -0.1) is 13.2 Å². The maximum absolute atomic E-state index is 11.1. The third-order valence-electron chi connectivity index (χ3n) is 2.07. The highest BCUT2D eigenvalue weighted by atomic mass is 35.5. The molecule has 0 bridgehead atoms. The molecule has 1 rings (SSSR count). The van der Waals surface area contributed by atoms with Crippen LogP contribution in [0.1, 0.15) is 10.4 Å². The Bertz CT molecular complexity index is 436. The summed E-state index contributed by atoms with van der Waals surface area (Å²) in [6.07, 6.45) is 3.33. The van der Waals surface area contributed by atoms with Gasteiger partial charge in [0.05, 0.1) is 0 Å². The van der Waals surface area contributed by atoms with Gasteiger partial charge in [0.1, 0.15) is 16.5 Å². The van der Waals surface area contributed by atoms with Gasteiger partial charge in [0, 0.05) is 13.1 Å². The lowest BCUT2D eigenvalue weighted by molar-refractivity contribution is 0.0697. The van der Waals surface area contributed by atoms with Gasteiger partial charge in [0.25, 0.3) is 0 Å². The molecule has 1 aromatic rings. The molecule has 1 N–H and O–H groups in total. The standard InChI is InChI=1S/C12H13ClN2O2/c1-3-7-15(8-4-2)11-9(12(16)17)5-6-10(13)14-11/h3-6H,1-2,7-8H2,(H,16,17). The summed E-state index contributed by atoms with van der Waals surface area (Å²) in [7, 11) is 0. The van der Waals surface area contributed by atoms with Crippen molar-refractivity contribution in [1.29, 1.82) is 0 Å². The topological polar surface area (TPSA) is 53.4 Å². The van der Waals surface area contributed by atoms with Crippen molar-refractivity contribution in [3.63, 3.8) is 0 Å². The van der Waals surface area contributed by atoms with Gasteiger partial charge in [-0.25, -0.2) is 9.78 Å². The molecule has 0 unspecified atom stereocenters. The van der Waals surface area contributed by atoms with Crippen LogP contribution in [0.2, 0.25) is 5.15 Å². The largest absolute Gasteiger partial charge is 0.478 e. The Labute approximate surface area is 105 Å². The number of carboxylic acids is 1. The molecule has 0 spiro atoms. The second-order valence-electron chi connectivity index (χ2n) is 3.29. The average Bonchev–Trinajstić information content (AvgIpc) is 2.28. The number of rotatable bonds is 6. The first-order valence-electron chi connectivity index (χ1n) is 4.96. The number of carboxylic acid groups (broad SMARTS) is 1. The van der Waals surface area contributed by atoms with Crippen LogP contribution in [-0.2, 0) is 0 Å². The van der Waals surface area contributed by atoms with E-state index in [-0.39, 0.29) is 10.7 Å². The molecule has 0 saturated carbocycles. The Balaban J connectivity index is 3.22. The van der Waals surface area contributed by atoms with Crippen LogP contribution in [0.25, 0.3) is 0 Å². The van der Waals surface area contributed by atoms with Crippen LogP contribution in [0.4, 0.5) is 5.82 Å². The van der Waals surface area contributed by atoms with Crippen molar-refractivity contribution < 1.29 is 9.90 Å². The summed E-state index contributed by atoms with van der Waals surface area (Å²) in [5.74, 6) is -0.716. The summed E-state index contributed by atoms with van der Waals surface area (Å²) in [6.45, 7) is 8.19. The third-order valence-corrected chi connectivity index (χ3v) is 2.28. The van der Waals surface area contributed by atoms with Gasteiger partial charge in [0.15, 0.2) is 0 Å². The number of carbonyl (C=O) groups is 1. The molecule has 0 aliphatic heterocycles. The molecule has 5 heteroatoms. The highest BCUT2D eigenvalue weighted by molar-refractivity contribution is 6.29. The summed E-state index contributed by atoms with van der Waals surface area (Å²) in [5.41, 5.74) is 0.109. The van der Waals surface area contributed by atoms with E-state index in [1.54, 1.807) is 17.1 Å². The second-order valence-corrected chi connectivity index (χ2v) is 3.68. The highest BCUT2D eigenvalue weighted by Crippen LogP contribution is 2.20. The number of aromatic nitrogens is 1. The van der Waals surface area contributed by atoms with Crippen molar-refractivity contribution in [2.75, 3.05) is 18.0 Å². The van der Waals surface area contributed by atoms with Crippen LogP contribution < -0.4 is 4.90 Å². The Kier molecular flexibility index (Phi) is 4.72. The second kappa shape index (κ2) is 6.06. The zero-order valence-corrected chi connectivity index (χ0v) is 10.0. The number of aromatic carboxylic acids is 1. The third kappa shape index (κ3) is 3.32. The van der Waals surface area contributed by atoms with E-state index in [9.17, 15) is 4.79 Å². The molecule has 0 aliphatic rings. The van der Waals surface area contributed by atoms with E-state index < -0.39 is 5.97 Å². The van der Waals surface area contributed by atoms with Crippen LogP contribution in [0.5, 0.6) is 0 Å². The molecule has 1 aromatic heterocycles. The molecule has 0 radical (unpaired) electrons. The Morgan fingerprint density at radius 3 is 2.47 bits per heavy atom. The van der Waals surface area contributed by atoms with Gasteiger partial charge in [0.2, 0.25) is 0 Å². The predicted octanol–water partition coefficient (Wildman–Crippen LogP) is 2.61. The normalized spacial score (nSPS) is 9.71. The molecule has 0 fully saturated rings. The minimum absolute atomic E-state index is 0.109. The van der Waals surface area contributed by atoms with E-state index >= 15 is 0 Å². The number of pyridine rings is 1. The quantitative estimate of drug-likeness (QED) is 0.625. The van der Waals surface area contributed by atoms with E-state index in [2.05, 4.69) is 18.1 Å². The van der Waals surface area contributed by atoms with Crippen molar-refractivity contribution in [2.24, 2.45) is 0 Å². The SMILES string of the molecule is C=CCN(CC=C)c1nc(Cl)ccc1C(=O)O. The molecule has 0 atom stereocenters. The van der Waals surface area contributed by atoms with Crippen molar-refractivity contribution in [3.8, 4) is 0 Å². The van der Waals surface area contributed by atoms with E-state index in [0.29, 0.717) is 18.9 Å². The summed E-state index contributed by atoms with van der Waals surface area (Å²) in [5, 5.41) is 9.33. The fraction of sp³-hybridized carbons (Fsp3) is 0.167. The lowest BCUT2D eigenvalue weighted by Crippen LogP contribution is -2.26. The number of hydrogen-bond donors (Lipinski definition) is 1. The molecule has 1 heterocycles. The van der Waals surface area contributed by atoms with Gasteiger partial charge in [-0.05, 0) is 12.1 Å².